The molecule has 4 nitrogen and oxygen atoms in total. The van der Waals surface area contributed by atoms with Crippen molar-refractivity contribution < 1.29 is 8.42 Å². The maximum Gasteiger partial charge on any atom is 0.261 e. The summed E-state index contributed by atoms with van der Waals surface area (Å²) in [5.41, 5.74) is 2.37. The molecular formula is C15H14Cl2N2O2S. The van der Waals surface area contributed by atoms with E-state index in [1.54, 1.807) is 30.3 Å². The molecule has 1 atom stereocenters. The number of nitrogens with one attached hydrogen (secondary N) is 2. The Bertz CT molecular complexity index is 837. The predicted octanol–water partition coefficient (Wildman–Crippen LogP) is 4.15. The van der Waals surface area contributed by atoms with Crippen molar-refractivity contribution >= 4 is 44.6 Å². The molecule has 3 rings (SSSR count). The molecule has 0 aliphatic carbocycles. The Morgan fingerprint density at radius 1 is 1.14 bits per heavy atom. The van der Waals surface area contributed by atoms with Gasteiger partial charge < -0.3 is 5.32 Å². The number of hydrogen-bond acceptors (Lipinski definition) is 3. The molecule has 1 aliphatic rings. The van der Waals surface area contributed by atoms with Gasteiger partial charge in [-0.2, -0.15) is 0 Å². The van der Waals surface area contributed by atoms with Gasteiger partial charge in [0, 0.05) is 11.7 Å². The van der Waals surface area contributed by atoms with Gasteiger partial charge in [-0.15, -0.1) is 0 Å². The van der Waals surface area contributed by atoms with Gasteiger partial charge in [-0.3, -0.25) is 4.72 Å². The molecule has 0 spiro atoms. The van der Waals surface area contributed by atoms with E-state index in [-0.39, 0.29) is 4.90 Å². The van der Waals surface area contributed by atoms with E-state index in [2.05, 4.69) is 17.0 Å². The van der Waals surface area contributed by atoms with Gasteiger partial charge in [0.25, 0.3) is 10.0 Å². The molecule has 0 amide bonds. The van der Waals surface area contributed by atoms with Gasteiger partial charge in [-0.25, -0.2) is 8.42 Å². The second-order valence-corrected chi connectivity index (χ2v) is 7.80. The van der Waals surface area contributed by atoms with Crippen molar-refractivity contribution in [3.05, 3.63) is 52.0 Å². The Morgan fingerprint density at radius 3 is 2.64 bits per heavy atom. The second-order valence-electron chi connectivity index (χ2n) is 5.30. The monoisotopic (exact) mass is 356 g/mol. The number of anilines is 2. The van der Waals surface area contributed by atoms with E-state index in [0.29, 0.717) is 21.8 Å². The first kappa shape index (κ1) is 15.5. The van der Waals surface area contributed by atoms with Crippen molar-refractivity contribution in [2.24, 2.45) is 0 Å². The van der Waals surface area contributed by atoms with E-state index in [0.717, 1.165) is 17.7 Å². The summed E-state index contributed by atoms with van der Waals surface area (Å²) in [4.78, 5) is 0.230. The molecule has 2 N–H and O–H groups in total. The van der Waals surface area contributed by atoms with Crippen LogP contribution in [-0.2, 0) is 16.4 Å². The largest absolute Gasteiger partial charge is 0.382 e. The van der Waals surface area contributed by atoms with Crippen LogP contribution in [-0.4, -0.2) is 14.5 Å². The number of benzene rings is 2. The minimum Gasteiger partial charge on any atom is -0.382 e. The van der Waals surface area contributed by atoms with E-state index >= 15 is 0 Å². The minimum absolute atomic E-state index is 0.230. The first-order valence-corrected chi connectivity index (χ1v) is 8.96. The maximum atomic E-state index is 12.5. The summed E-state index contributed by atoms with van der Waals surface area (Å²) in [7, 11) is -3.66. The van der Waals surface area contributed by atoms with Crippen LogP contribution in [0.4, 0.5) is 11.4 Å². The van der Waals surface area contributed by atoms with Crippen molar-refractivity contribution in [2.75, 3.05) is 10.0 Å². The zero-order valence-corrected chi connectivity index (χ0v) is 14.1. The standard InChI is InChI=1S/C15H14Cl2N2O2S/c1-9-6-10-7-12(3-5-15(10)18-9)22(20,21)19-11-2-4-13(16)14(17)8-11/h2-5,7-9,18-19H,6H2,1H3/t9-/m0/s1. The summed E-state index contributed by atoms with van der Waals surface area (Å²) < 4.78 is 27.5. The average molecular weight is 357 g/mol. The van der Waals surface area contributed by atoms with Crippen molar-refractivity contribution in [1.29, 1.82) is 0 Å². The molecule has 0 saturated heterocycles. The fourth-order valence-electron chi connectivity index (χ4n) is 2.47. The highest BCUT2D eigenvalue weighted by molar-refractivity contribution is 7.92. The second kappa shape index (κ2) is 5.65. The fraction of sp³-hybridized carbons (Fsp3) is 0.200. The highest BCUT2D eigenvalue weighted by Crippen LogP contribution is 2.30. The molecule has 7 heteroatoms. The van der Waals surface area contributed by atoms with Crippen molar-refractivity contribution in [3.8, 4) is 0 Å². The Labute approximate surface area is 139 Å². The molecule has 0 radical (unpaired) electrons. The summed E-state index contributed by atoms with van der Waals surface area (Å²) in [5, 5.41) is 3.97. The predicted molar refractivity (Wildman–Crippen MR) is 90.5 cm³/mol. The lowest BCUT2D eigenvalue weighted by molar-refractivity contribution is 0.601. The Hall–Kier alpha value is -1.43. The number of halogens is 2. The summed E-state index contributed by atoms with van der Waals surface area (Å²) >= 11 is 11.7. The quantitative estimate of drug-likeness (QED) is 0.868. The summed E-state index contributed by atoms with van der Waals surface area (Å²) in [6, 6.07) is 10.0. The topological polar surface area (TPSA) is 58.2 Å². The van der Waals surface area contributed by atoms with Gasteiger partial charge in [-0.05, 0) is 55.3 Å². The number of fused-ring (bicyclic) bond motifs is 1. The van der Waals surface area contributed by atoms with Gasteiger partial charge in [0.2, 0.25) is 0 Å². The van der Waals surface area contributed by atoms with Crippen LogP contribution in [0, 0.1) is 0 Å². The van der Waals surface area contributed by atoms with Gasteiger partial charge in [0.1, 0.15) is 0 Å². The third-order valence-electron chi connectivity index (χ3n) is 3.49. The Balaban J connectivity index is 1.90. The highest BCUT2D eigenvalue weighted by atomic mass is 35.5. The zero-order valence-electron chi connectivity index (χ0n) is 11.7. The Morgan fingerprint density at radius 2 is 1.91 bits per heavy atom. The molecule has 0 fully saturated rings. The first-order chi connectivity index (χ1) is 10.3. The van der Waals surface area contributed by atoms with Crippen molar-refractivity contribution in [1.82, 2.24) is 0 Å². The summed E-state index contributed by atoms with van der Waals surface area (Å²) in [5.74, 6) is 0. The third kappa shape index (κ3) is 3.02. The van der Waals surface area contributed by atoms with Gasteiger partial charge >= 0.3 is 0 Å². The minimum atomic E-state index is -3.66. The van der Waals surface area contributed by atoms with E-state index in [1.165, 1.54) is 6.07 Å². The van der Waals surface area contributed by atoms with Crippen LogP contribution < -0.4 is 10.0 Å². The molecule has 2 aromatic carbocycles. The normalized spacial score (nSPS) is 17.0. The molecule has 116 valence electrons. The van der Waals surface area contributed by atoms with Gasteiger partial charge in [0.15, 0.2) is 0 Å². The molecule has 0 aromatic heterocycles. The molecule has 0 saturated carbocycles. The van der Waals surface area contributed by atoms with E-state index in [4.69, 9.17) is 23.2 Å². The van der Waals surface area contributed by atoms with Crippen LogP contribution in [0.1, 0.15) is 12.5 Å². The lowest BCUT2D eigenvalue weighted by Crippen LogP contribution is -2.13. The van der Waals surface area contributed by atoms with Crippen LogP contribution >= 0.6 is 23.2 Å². The molecule has 0 unspecified atom stereocenters. The maximum absolute atomic E-state index is 12.5. The fourth-order valence-corrected chi connectivity index (χ4v) is 3.86. The van der Waals surface area contributed by atoms with Gasteiger partial charge in [-0.1, -0.05) is 23.2 Å². The van der Waals surface area contributed by atoms with E-state index < -0.39 is 10.0 Å². The molecule has 0 bridgehead atoms. The van der Waals surface area contributed by atoms with Gasteiger partial charge in [0.05, 0.1) is 20.6 Å². The molecule has 2 aromatic rings. The highest BCUT2D eigenvalue weighted by Gasteiger charge is 2.21. The summed E-state index contributed by atoms with van der Waals surface area (Å²) in [6.07, 6.45) is 0.811. The molecule has 1 aliphatic heterocycles. The van der Waals surface area contributed by atoms with Crippen molar-refractivity contribution in [3.63, 3.8) is 0 Å². The summed E-state index contributed by atoms with van der Waals surface area (Å²) in [6.45, 7) is 2.06. The SMILES string of the molecule is C[C@H]1Cc2cc(S(=O)(=O)Nc3ccc(Cl)c(Cl)c3)ccc2N1. The Kier molecular flexibility index (Phi) is 3.97. The number of hydrogen-bond donors (Lipinski definition) is 2. The third-order valence-corrected chi connectivity index (χ3v) is 5.60. The number of rotatable bonds is 3. The van der Waals surface area contributed by atoms with Crippen LogP contribution in [0.15, 0.2) is 41.3 Å². The average Bonchev–Trinajstić information content (AvgIpc) is 2.81. The zero-order chi connectivity index (χ0) is 15.9. The lowest BCUT2D eigenvalue weighted by atomic mass is 10.1. The molecule has 22 heavy (non-hydrogen) atoms. The number of sulfonamides is 1. The van der Waals surface area contributed by atoms with Crippen LogP contribution in [0.5, 0.6) is 0 Å². The first-order valence-electron chi connectivity index (χ1n) is 6.72. The van der Waals surface area contributed by atoms with Crippen molar-refractivity contribution in [2.45, 2.75) is 24.3 Å². The van der Waals surface area contributed by atoms with E-state index in [1.807, 2.05) is 0 Å². The lowest BCUT2D eigenvalue weighted by Gasteiger charge is -2.10. The van der Waals surface area contributed by atoms with Crippen LogP contribution in [0.25, 0.3) is 0 Å². The smallest absolute Gasteiger partial charge is 0.261 e. The van der Waals surface area contributed by atoms with E-state index in [9.17, 15) is 8.42 Å². The van der Waals surface area contributed by atoms with Crippen LogP contribution in [0.3, 0.4) is 0 Å². The molecular weight excluding hydrogens is 343 g/mol. The van der Waals surface area contributed by atoms with Crippen LogP contribution in [0.2, 0.25) is 10.0 Å². The molecule has 1 heterocycles.